The molecular weight excluding hydrogens is 338 g/mol. The lowest BCUT2D eigenvalue weighted by atomic mass is 10.1. The molecule has 2 aromatic carbocycles. The highest BCUT2D eigenvalue weighted by atomic mass is 16.5. The molecule has 5 heteroatoms. The van der Waals surface area contributed by atoms with Gasteiger partial charge in [-0.2, -0.15) is 0 Å². The zero-order valence-electron chi connectivity index (χ0n) is 15.6. The van der Waals surface area contributed by atoms with E-state index in [0.717, 1.165) is 36.3 Å². The summed E-state index contributed by atoms with van der Waals surface area (Å²) < 4.78 is 7.63. The first kappa shape index (κ1) is 17.7. The maximum atomic E-state index is 12.6. The van der Waals surface area contributed by atoms with Crippen molar-refractivity contribution < 1.29 is 9.53 Å². The monoisotopic (exact) mass is 363 g/mol. The van der Waals surface area contributed by atoms with E-state index in [9.17, 15) is 4.79 Å². The van der Waals surface area contributed by atoms with Gasteiger partial charge in [-0.15, -0.1) is 0 Å². The maximum Gasteiger partial charge on any atom is 0.240 e. The zero-order valence-corrected chi connectivity index (χ0v) is 15.6. The number of nitrogens with one attached hydrogen (secondary N) is 1. The molecule has 1 unspecified atom stereocenters. The molecule has 5 nitrogen and oxygen atoms in total. The summed E-state index contributed by atoms with van der Waals surface area (Å²) in [6.45, 7) is 3.76. The summed E-state index contributed by atoms with van der Waals surface area (Å²) in [4.78, 5) is 17.4. The van der Waals surface area contributed by atoms with Crippen LogP contribution in [0.1, 0.15) is 29.8 Å². The van der Waals surface area contributed by atoms with Crippen LogP contribution < -0.4 is 5.32 Å². The second kappa shape index (κ2) is 7.92. The molecule has 0 aliphatic carbocycles. The van der Waals surface area contributed by atoms with Crippen molar-refractivity contribution in [2.24, 2.45) is 0 Å². The van der Waals surface area contributed by atoms with E-state index in [-0.39, 0.29) is 18.6 Å². The van der Waals surface area contributed by atoms with E-state index >= 15 is 0 Å². The van der Waals surface area contributed by atoms with Gasteiger partial charge in [-0.05, 0) is 43.0 Å². The topological polar surface area (TPSA) is 56.2 Å². The molecule has 1 saturated heterocycles. The third kappa shape index (κ3) is 4.03. The molecule has 0 radical (unpaired) electrons. The molecule has 0 saturated carbocycles. The van der Waals surface area contributed by atoms with E-state index in [1.165, 1.54) is 11.1 Å². The minimum absolute atomic E-state index is 0.000290. The van der Waals surface area contributed by atoms with Crippen molar-refractivity contribution >= 4 is 16.9 Å². The number of carbonyl (C=O) groups is 1. The minimum Gasteiger partial charge on any atom is -0.376 e. The summed E-state index contributed by atoms with van der Waals surface area (Å²) in [5.41, 5.74) is 4.38. The standard InChI is InChI=1S/C22H25N3O2/c1-16-7-2-3-8-17(16)13-21-24-19-10-4-5-11-20(19)25(21)15-22(26)23-14-18-9-6-12-27-18/h2-5,7-8,10-11,18H,6,9,12-15H2,1H3,(H,23,26). The Morgan fingerprint density at radius 3 is 2.85 bits per heavy atom. The van der Waals surface area contributed by atoms with E-state index in [2.05, 4.69) is 24.4 Å². The first-order chi connectivity index (χ1) is 13.2. The lowest BCUT2D eigenvalue weighted by Crippen LogP contribution is -2.34. The third-order valence-electron chi connectivity index (χ3n) is 5.20. The van der Waals surface area contributed by atoms with Gasteiger partial charge in [0.2, 0.25) is 5.91 Å². The molecule has 1 aliphatic rings. The summed E-state index contributed by atoms with van der Waals surface area (Å²) in [7, 11) is 0. The number of ether oxygens (including phenoxy) is 1. The van der Waals surface area contributed by atoms with Gasteiger partial charge < -0.3 is 14.6 Å². The number of amides is 1. The largest absolute Gasteiger partial charge is 0.376 e. The fraction of sp³-hybridized carbons (Fsp3) is 0.364. The van der Waals surface area contributed by atoms with E-state index in [4.69, 9.17) is 9.72 Å². The van der Waals surface area contributed by atoms with Crippen molar-refractivity contribution in [2.75, 3.05) is 13.2 Å². The lowest BCUT2D eigenvalue weighted by molar-refractivity contribution is -0.122. The molecule has 0 bridgehead atoms. The van der Waals surface area contributed by atoms with Crippen LogP contribution in [0.3, 0.4) is 0 Å². The Labute approximate surface area is 159 Å². The Bertz CT molecular complexity index is 942. The quantitative estimate of drug-likeness (QED) is 0.731. The van der Waals surface area contributed by atoms with Crippen LogP contribution in [0.15, 0.2) is 48.5 Å². The van der Waals surface area contributed by atoms with Gasteiger partial charge in [-0.3, -0.25) is 4.79 Å². The molecule has 1 amide bonds. The number of nitrogens with zero attached hydrogens (tertiary/aromatic N) is 2. The van der Waals surface area contributed by atoms with Crippen molar-refractivity contribution in [2.45, 2.75) is 38.8 Å². The molecule has 1 aromatic heterocycles. The van der Waals surface area contributed by atoms with E-state index in [1.807, 2.05) is 41.0 Å². The second-order valence-corrected chi connectivity index (χ2v) is 7.15. The number of carbonyl (C=O) groups excluding carboxylic acids is 1. The molecule has 1 N–H and O–H groups in total. The van der Waals surface area contributed by atoms with Crippen LogP contribution in [0.2, 0.25) is 0 Å². The second-order valence-electron chi connectivity index (χ2n) is 7.15. The number of aromatic nitrogens is 2. The van der Waals surface area contributed by atoms with Gasteiger partial charge in [-0.25, -0.2) is 4.98 Å². The van der Waals surface area contributed by atoms with E-state index in [0.29, 0.717) is 13.0 Å². The third-order valence-corrected chi connectivity index (χ3v) is 5.20. The van der Waals surface area contributed by atoms with Crippen molar-refractivity contribution in [3.63, 3.8) is 0 Å². The van der Waals surface area contributed by atoms with Gasteiger partial charge in [0.05, 0.1) is 17.1 Å². The predicted molar refractivity (Wildman–Crippen MR) is 106 cm³/mol. The fourth-order valence-corrected chi connectivity index (χ4v) is 3.65. The average molecular weight is 363 g/mol. The Balaban J connectivity index is 1.56. The maximum absolute atomic E-state index is 12.6. The Morgan fingerprint density at radius 1 is 1.22 bits per heavy atom. The SMILES string of the molecule is Cc1ccccc1Cc1nc2ccccc2n1CC(=O)NCC1CCCO1. The van der Waals surface area contributed by atoms with E-state index < -0.39 is 0 Å². The van der Waals surface area contributed by atoms with Gasteiger partial charge >= 0.3 is 0 Å². The van der Waals surface area contributed by atoms with Gasteiger partial charge in [0.1, 0.15) is 12.4 Å². The van der Waals surface area contributed by atoms with Crippen LogP contribution in [0.25, 0.3) is 11.0 Å². The number of hydrogen-bond acceptors (Lipinski definition) is 3. The van der Waals surface area contributed by atoms with Crippen molar-refractivity contribution in [1.82, 2.24) is 14.9 Å². The molecule has 1 aliphatic heterocycles. The number of para-hydroxylation sites is 2. The Hall–Kier alpha value is -2.66. The zero-order chi connectivity index (χ0) is 18.6. The smallest absolute Gasteiger partial charge is 0.240 e. The van der Waals surface area contributed by atoms with Crippen LogP contribution in [0.5, 0.6) is 0 Å². The fourth-order valence-electron chi connectivity index (χ4n) is 3.65. The number of benzene rings is 2. The van der Waals surface area contributed by atoms with Crippen LogP contribution in [0.4, 0.5) is 0 Å². The Kier molecular flexibility index (Phi) is 5.21. The number of rotatable bonds is 6. The van der Waals surface area contributed by atoms with Crippen molar-refractivity contribution in [3.8, 4) is 0 Å². The number of hydrogen-bond donors (Lipinski definition) is 1. The summed E-state index contributed by atoms with van der Waals surface area (Å²) in [5, 5.41) is 3.02. The number of fused-ring (bicyclic) bond motifs is 1. The summed E-state index contributed by atoms with van der Waals surface area (Å²) >= 11 is 0. The molecule has 140 valence electrons. The molecule has 27 heavy (non-hydrogen) atoms. The number of imidazole rings is 1. The molecule has 1 atom stereocenters. The van der Waals surface area contributed by atoms with Gasteiger partial charge in [0, 0.05) is 19.6 Å². The van der Waals surface area contributed by atoms with Crippen LogP contribution >= 0.6 is 0 Å². The first-order valence-corrected chi connectivity index (χ1v) is 9.57. The summed E-state index contributed by atoms with van der Waals surface area (Å²) in [6, 6.07) is 16.3. The van der Waals surface area contributed by atoms with Crippen LogP contribution in [-0.2, 0) is 22.5 Å². The van der Waals surface area contributed by atoms with E-state index in [1.54, 1.807) is 0 Å². The van der Waals surface area contributed by atoms with Crippen molar-refractivity contribution in [3.05, 3.63) is 65.5 Å². The van der Waals surface area contributed by atoms with Gasteiger partial charge in [0.25, 0.3) is 0 Å². The normalized spacial score (nSPS) is 16.7. The minimum atomic E-state index is -0.000290. The molecule has 0 spiro atoms. The summed E-state index contributed by atoms with van der Waals surface area (Å²) in [6.07, 6.45) is 2.96. The van der Waals surface area contributed by atoms with Crippen LogP contribution in [-0.4, -0.2) is 34.7 Å². The average Bonchev–Trinajstić information content (AvgIpc) is 3.31. The van der Waals surface area contributed by atoms with Gasteiger partial charge in [0.15, 0.2) is 0 Å². The molecular formula is C22H25N3O2. The highest BCUT2D eigenvalue weighted by molar-refractivity contribution is 5.81. The lowest BCUT2D eigenvalue weighted by Gasteiger charge is -2.13. The highest BCUT2D eigenvalue weighted by Gasteiger charge is 2.18. The molecule has 2 heterocycles. The molecule has 1 fully saturated rings. The van der Waals surface area contributed by atoms with Crippen molar-refractivity contribution in [1.29, 1.82) is 0 Å². The molecule has 3 aromatic rings. The van der Waals surface area contributed by atoms with Crippen LogP contribution in [0, 0.1) is 6.92 Å². The first-order valence-electron chi connectivity index (χ1n) is 9.57. The number of aryl methyl sites for hydroxylation is 1. The predicted octanol–water partition coefficient (Wildman–Crippen LogP) is 3.23. The highest BCUT2D eigenvalue weighted by Crippen LogP contribution is 2.20. The molecule has 4 rings (SSSR count). The Morgan fingerprint density at radius 2 is 2.04 bits per heavy atom. The summed E-state index contributed by atoms with van der Waals surface area (Å²) in [5.74, 6) is 0.914. The van der Waals surface area contributed by atoms with Gasteiger partial charge in [-0.1, -0.05) is 36.4 Å².